The second-order valence-corrected chi connectivity index (χ2v) is 8.15. The number of nitrogens with one attached hydrogen (secondary N) is 1. The average Bonchev–Trinajstić information content (AvgIpc) is 2.82. The molecule has 0 aromatic rings. The van der Waals surface area contributed by atoms with Gasteiger partial charge in [0.2, 0.25) is 5.91 Å². The molecule has 4 atom stereocenters. The van der Waals surface area contributed by atoms with Gasteiger partial charge in [0.05, 0.1) is 0 Å². The highest BCUT2D eigenvalue weighted by atomic mass is 16.4. The molecule has 1 aliphatic rings. The van der Waals surface area contributed by atoms with Crippen molar-refractivity contribution in [2.24, 2.45) is 5.92 Å². The van der Waals surface area contributed by atoms with E-state index in [1.807, 2.05) is 44.2 Å². The molecule has 0 aromatic carbocycles. The van der Waals surface area contributed by atoms with Gasteiger partial charge in [-0.05, 0) is 31.9 Å². The van der Waals surface area contributed by atoms with Crippen LogP contribution < -0.4 is 5.32 Å². The van der Waals surface area contributed by atoms with Crippen molar-refractivity contribution in [1.82, 2.24) is 5.32 Å². The molecule has 0 spiro atoms. The van der Waals surface area contributed by atoms with E-state index < -0.39 is 30.0 Å². The smallest absolute Gasteiger partial charge is 0.247 e. The predicted octanol–water partition coefficient (Wildman–Crippen LogP) is 3.08. The van der Waals surface area contributed by atoms with Crippen molar-refractivity contribution in [3.8, 4) is 0 Å². The molecule has 7 nitrogen and oxygen atoms in total. The topological polar surface area (TPSA) is 127 Å². The molecular formula is C28H35NO6. The van der Waals surface area contributed by atoms with Crippen LogP contribution in [0, 0.1) is 5.92 Å². The Morgan fingerprint density at radius 1 is 0.800 bits per heavy atom. The van der Waals surface area contributed by atoms with Crippen LogP contribution in [0.5, 0.6) is 0 Å². The van der Waals surface area contributed by atoms with E-state index in [0.717, 1.165) is 17.7 Å². The minimum atomic E-state index is -1.79. The third-order valence-electron chi connectivity index (χ3n) is 4.78. The molecule has 0 radical (unpaired) electrons. The summed E-state index contributed by atoms with van der Waals surface area (Å²) < 4.78 is 0. The van der Waals surface area contributed by atoms with E-state index in [2.05, 4.69) is 5.32 Å². The Balaban J connectivity index is 3.09. The van der Waals surface area contributed by atoms with E-state index in [-0.39, 0.29) is 11.7 Å². The van der Waals surface area contributed by atoms with Crippen LogP contribution in [-0.4, -0.2) is 57.0 Å². The van der Waals surface area contributed by atoms with E-state index in [1.54, 1.807) is 31.2 Å². The normalized spacial score (nSPS) is 36.1. The number of carbonyl (C=O) groups is 2. The molecule has 4 unspecified atom stereocenters. The Bertz CT molecular complexity index is 991. The van der Waals surface area contributed by atoms with E-state index in [0.29, 0.717) is 12.1 Å². The monoisotopic (exact) mass is 481 g/mol. The van der Waals surface area contributed by atoms with Gasteiger partial charge in [-0.3, -0.25) is 9.59 Å². The maximum atomic E-state index is 12.1. The average molecular weight is 482 g/mol. The second kappa shape index (κ2) is 16.2. The lowest BCUT2D eigenvalue weighted by Crippen LogP contribution is -2.40. The summed E-state index contributed by atoms with van der Waals surface area (Å²) in [5.74, 6) is -1.30. The van der Waals surface area contributed by atoms with Crippen LogP contribution in [0.4, 0.5) is 0 Å². The van der Waals surface area contributed by atoms with E-state index in [4.69, 9.17) is 0 Å². The first-order valence-electron chi connectivity index (χ1n) is 11.3. The predicted molar refractivity (Wildman–Crippen MR) is 138 cm³/mol. The van der Waals surface area contributed by atoms with Crippen LogP contribution in [0.25, 0.3) is 0 Å². The first kappa shape index (κ1) is 29.5. The Kier molecular flexibility index (Phi) is 13.6. The maximum Gasteiger partial charge on any atom is 0.247 e. The van der Waals surface area contributed by atoms with Gasteiger partial charge in [0.15, 0.2) is 5.78 Å². The van der Waals surface area contributed by atoms with E-state index in [1.165, 1.54) is 24.3 Å². The van der Waals surface area contributed by atoms with Crippen molar-refractivity contribution in [2.75, 3.05) is 6.54 Å². The fourth-order valence-electron chi connectivity index (χ4n) is 2.66. The Labute approximate surface area is 206 Å². The highest BCUT2D eigenvalue weighted by Crippen LogP contribution is 2.06. The van der Waals surface area contributed by atoms with Gasteiger partial charge in [-0.15, -0.1) is 0 Å². The van der Waals surface area contributed by atoms with Crippen LogP contribution >= 0.6 is 0 Å². The van der Waals surface area contributed by atoms with Crippen LogP contribution in [-0.2, 0) is 9.59 Å². The van der Waals surface area contributed by atoms with E-state index in [9.17, 15) is 30.0 Å². The van der Waals surface area contributed by atoms with Gasteiger partial charge in [-0.2, -0.15) is 0 Å². The molecule has 7 heteroatoms. The van der Waals surface area contributed by atoms with Crippen LogP contribution in [0.3, 0.4) is 0 Å². The summed E-state index contributed by atoms with van der Waals surface area (Å²) in [5.41, 5.74) is 1.59. The molecule has 188 valence electrons. The number of hydrogen-bond acceptors (Lipinski definition) is 6. The number of hydrogen-bond donors (Lipinski definition) is 5. The van der Waals surface area contributed by atoms with Gasteiger partial charge in [0.1, 0.15) is 24.1 Å². The van der Waals surface area contributed by atoms with Crippen molar-refractivity contribution in [3.05, 3.63) is 108 Å². The number of aliphatic hydroxyl groups excluding tert-OH is 4. The molecular weight excluding hydrogens is 446 g/mol. The zero-order valence-electron chi connectivity index (χ0n) is 20.3. The molecule has 0 aliphatic carbocycles. The number of amides is 1. The van der Waals surface area contributed by atoms with Crippen molar-refractivity contribution < 1.29 is 30.0 Å². The molecule has 0 bridgehead atoms. The molecule has 1 aliphatic heterocycles. The molecule has 0 saturated heterocycles. The van der Waals surface area contributed by atoms with Gasteiger partial charge < -0.3 is 25.7 Å². The van der Waals surface area contributed by atoms with Crippen LogP contribution in [0.15, 0.2) is 108 Å². The van der Waals surface area contributed by atoms with Crippen LogP contribution in [0.2, 0.25) is 0 Å². The van der Waals surface area contributed by atoms with Crippen LogP contribution in [0.1, 0.15) is 20.8 Å². The Hall–Kier alpha value is -3.52. The zero-order valence-corrected chi connectivity index (χ0v) is 20.3. The molecule has 35 heavy (non-hydrogen) atoms. The Morgan fingerprint density at radius 3 is 2.20 bits per heavy atom. The highest BCUT2D eigenvalue weighted by molar-refractivity contribution is 5.94. The van der Waals surface area contributed by atoms with Gasteiger partial charge in [0, 0.05) is 12.6 Å². The SMILES string of the molecule is CC1=C\C=C\C=C\C(C)CNC(=O)/C=C(O)/C=C/C(C)=C/C=C/C(O)C(O)C(O)C(=O)/C=C\C=C\1. The molecule has 1 amide bonds. The zero-order chi connectivity index (χ0) is 26.2. The minimum absolute atomic E-state index is 0.0853. The molecule has 1 rings (SSSR count). The quantitative estimate of drug-likeness (QED) is 0.362. The molecule has 0 aromatic heterocycles. The summed E-state index contributed by atoms with van der Waals surface area (Å²) in [6.45, 7) is 5.96. The van der Waals surface area contributed by atoms with Crippen molar-refractivity contribution in [3.63, 3.8) is 0 Å². The summed E-state index contributed by atoms with van der Waals surface area (Å²) in [6.07, 6.45) is 18.6. The highest BCUT2D eigenvalue weighted by Gasteiger charge is 2.27. The van der Waals surface area contributed by atoms with Crippen molar-refractivity contribution in [2.45, 2.75) is 39.1 Å². The molecule has 0 fully saturated rings. The first-order valence-corrected chi connectivity index (χ1v) is 11.3. The van der Waals surface area contributed by atoms with E-state index >= 15 is 0 Å². The second-order valence-electron chi connectivity index (χ2n) is 8.15. The summed E-state index contributed by atoms with van der Waals surface area (Å²) in [7, 11) is 0. The fourth-order valence-corrected chi connectivity index (χ4v) is 2.66. The van der Waals surface area contributed by atoms with Gasteiger partial charge >= 0.3 is 0 Å². The number of aliphatic hydroxyl groups is 4. The lowest BCUT2D eigenvalue weighted by Gasteiger charge is -2.18. The number of carbonyl (C=O) groups excluding carboxylic acids is 2. The van der Waals surface area contributed by atoms with Crippen molar-refractivity contribution in [1.29, 1.82) is 0 Å². The third kappa shape index (κ3) is 13.1. The summed E-state index contributed by atoms with van der Waals surface area (Å²) in [4.78, 5) is 24.0. The summed E-state index contributed by atoms with van der Waals surface area (Å²) in [5, 5.41) is 42.8. The van der Waals surface area contributed by atoms with Gasteiger partial charge in [0.25, 0.3) is 0 Å². The van der Waals surface area contributed by atoms with Gasteiger partial charge in [-0.1, -0.05) is 91.0 Å². The summed E-state index contributed by atoms with van der Waals surface area (Å²) >= 11 is 0. The Morgan fingerprint density at radius 2 is 1.46 bits per heavy atom. The minimum Gasteiger partial charge on any atom is -0.508 e. The lowest BCUT2D eigenvalue weighted by atomic mass is 10.0. The number of ketones is 1. The standard InChI is InChI=1S/C28H35NO6/c1-20-10-5-4-6-12-22(3)19-29-26(33)18-23(30)17-16-21(2)13-9-15-25(32)28(35)27(34)24(31)14-8-7-11-20/h4-18,22,25,27-28,30,32,34-35H,19H2,1-3H3,(H,29,33)/b5-4+,11-7+,12-6+,14-8-,15-9+,17-16+,20-10+,21-13+,23-18-. The first-order chi connectivity index (χ1) is 16.6. The maximum absolute atomic E-state index is 12.1. The van der Waals surface area contributed by atoms with Crippen molar-refractivity contribution >= 4 is 11.7 Å². The van der Waals surface area contributed by atoms with Gasteiger partial charge in [-0.25, -0.2) is 0 Å². The summed E-state index contributed by atoms with van der Waals surface area (Å²) in [6, 6.07) is 0. The number of rotatable bonds is 0. The molecule has 0 saturated carbocycles. The fraction of sp³-hybridized carbons (Fsp3) is 0.286. The largest absolute Gasteiger partial charge is 0.508 e. The third-order valence-corrected chi connectivity index (χ3v) is 4.78. The molecule has 1 heterocycles. The number of allylic oxidation sites excluding steroid dienone is 13. The lowest BCUT2D eigenvalue weighted by molar-refractivity contribution is -0.131. The molecule has 5 N–H and O–H groups in total.